The van der Waals surface area contributed by atoms with Crippen LogP contribution < -0.4 is 0 Å². The first kappa shape index (κ1) is 17.9. The van der Waals surface area contributed by atoms with E-state index in [-0.39, 0.29) is 18.5 Å². The van der Waals surface area contributed by atoms with Crippen molar-refractivity contribution >= 4 is 5.91 Å². The van der Waals surface area contributed by atoms with E-state index >= 15 is 0 Å². The zero-order valence-electron chi connectivity index (χ0n) is 15.6. The van der Waals surface area contributed by atoms with Gasteiger partial charge in [-0.15, -0.1) is 0 Å². The topological polar surface area (TPSA) is 59.2 Å². The number of aromatic nitrogens is 2. The summed E-state index contributed by atoms with van der Waals surface area (Å²) in [6, 6.07) is 15.5. The van der Waals surface area contributed by atoms with E-state index in [1.165, 1.54) is 0 Å². The molecule has 0 unspecified atom stereocenters. The monoisotopic (exact) mass is 349 g/mol. The van der Waals surface area contributed by atoms with Crippen molar-refractivity contribution in [2.75, 3.05) is 0 Å². The van der Waals surface area contributed by atoms with Crippen molar-refractivity contribution in [2.45, 2.75) is 40.3 Å². The van der Waals surface area contributed by atoms with Gasteiger partial charge in [-0.2, -0.15) is 4.98 Å². The van der Waals surface area contributed by atoms with E-state index in [0.717, 1.165) is 16.7 Å². The van der Waals surface area contributed by atoms with Gasteiger partial charge in [-0.1, -0.05) is 46.6 Å². The number of benzene rings is 2. The Morgan fingerprint density at radius 1 is 1.08 bits per heavy atom. The Balaban J connectivity index is 1.82. The third-order valence-corrected chi connectivity index (χ3v) is 4.20. The molecule has 2 aromatic carbocycles. The van der Waals surface area contributed by atoms with Gasteiger partial charge in [0.1, 0.15) is 6.54 Å². The summed E-state index contributed by atoms with van der Waals surface area (Å²) < 4.78 is 5.39. The molecule has 0 N–H and O–H groups in total. The molecule has 1 aromatic heterocycles. The lowest BCUT2D eigenvalue weighted by Crippen LogP contribution is -2.36. The van der Waals surface area contributed by atoms with Gasteiger partial charge < -0.3 is 9.42 Å². The highest BCUT2D eigenvalue weighted by Gasteiger charge is 2.22. The quantitative estimate of drug-likeness (QED) is 0.685. The normalized spacial score (nSPS) is 11.0. The minimum absolute atomic E-state index is 0.0114. The van der Waals surface area contributed by atoms with Crippen LogP contribution in [0.3, 0.4) is 0 Å². The second kappa shape index (κ2) is 7.52. The Kier molecular flexibility index (Phi) is 5.16. The predicted molar refractivity (Wildman–Crippen MR) is 101 cm³/mol. The van der Waals surface area contributed by atoms with E-state index in [1.54, 1.807) is 4.90 Å². The summed E-state index contributed by atoms with van der Waals surface area (Å²) in [5, 5.41) is 4.06. The van der Waals surface area contributed by atoms with E-state index in [0.29, 0.717) is 17.3 Å². The van der Waals surface area contributed by atoms with E-state index in [1.807, 2.05) is 76.2 Å². The van der Waals surface area contributed by atoms with Gasteiger partial charge in [0.2, 0.25) is 11.7 Å². The van der Waals surface area contributed by atoms with Gasteiger partial charge in [-0.05, 0) is 45.9 Å². The molecule has 5 nitrogen and oxygen atoms in total. The molecule has 0 spiro atoms. The lowest BCUT2D eigenvalue weighted by molar-refractivity contribution is 0.0667. The first-order valence-corrected chi connectivity index (χ1v) is 8.71. The van der Waals surface area contributed by atoms with Crippen LogP contribution >= 0.6 is 0 Å². The molecule has 3 rings (SSSR count). The first-order chi connectivity index (χ1) is 12.4. The highest BCUT2D eigenvalue weighted by molar-refractivity contribution is 5.94. The molecule has 0 bridgehead atoms. The molecule has 0 radical (unpaired) electrons. The van der Waals surface area contributed by atoms with Crippen molar-refractivity contribution in [3.63, 3.8) is 0 Å². The van der Waals surface area contributed by atoms with Crippen molar-refractivity contribution in [3.05, 3.63) is 71.1 Å². The van der Waals surface area contributed by atoms with Crippen LogP contribution in [0.15, 0.2) is 53.1 Å². The Morgan fingerprint density at radius 2 is 1.77 bits per heavy atom. The number of aryl methyl sites for hydroxylation is 2. The third-order valence-electron chi connectivity index (χ3n) is 4.20. The molecule has 1 amide bonds. The molecule has 0 aliphatic rings. The van der Waals surface area contributed by atoms with Crippen molar-refractivity contribution in [1.29, 1.82) is 0 Å². The summed E-state index contributed by atoms with van der Waals surface area (Å²) in [7, 11) is 0. The molecule has 0 saturated carbocycles. The molecule has 5 heteroatoms. The molecule has 3 aromatic rings. The zero-order valence-corrected chi connectivity index (χ0v) is 15.6. The SMILES string of the molecule is Cc1cccc(C(=O)N(Cc2nc(-c3cccc(C)c3)no2)C(C)C)c1. The highest BCUT2D eigenvalue weighted by Crippen LogP contribution is 2.19. The second-order valence-electron chi connectivity index (χ2n) is 6.78. The number of nitrogens with zero attached hydrogens (tertiary/aromatic N) is 3. The number of hydrogen-bond donors (Lipinski definition) is 0. The summed E-state index contributed by atoms with van der Waals surface area (Å²) in [6.45, 7) is 8.23. The van der Waals surface area contributed by atoms with Crippen LogP contribution in [-0.2, 0) is 6.54 Å². The molecule has 26 heavy (non-hydrogen) atoms. The van der Waals surface area contributed by atoms with Gasteiger partial charge in [0.25, 0.3) is 5.91 Å². The molecular weight excluding hydrogens is 326 g/mol. The van der Waals surface area contributed by atoms with E-state index < -0.39 is 0 Å². The maximum absolute atomic E-state index is 12.9. The van der Waals surface area contributed by atoms with Crippen molar-refractivity contribution < 1.29 is 9.32 Å². The molecule has 134 valence electrons. The van der Waals surface area contributed by atoms with E-state index in [9.17, 15) is 4.79 Å². The number of rotatable bonds is 5. The third kappa shape index (κ3) is 3.99. The average molecular weight is 349 g/mol. The van der Waals surface area contributed by atoms with E-state index in [2.05, 4.69) is 10.1 Å². The highest BCUT2D eigenvalue weighted by atomic mass is 16.5. The van der Waals surface area contributed by atoms with Crippen LogP contribution in [0.25, 0.3) is 11.4 Å². The van der Waals surface area contributed by atoms with Gasteiger partial charge in [0.15, 0.2) is 0 Å². The predicted octanol–water partition coefficient (Wildman–Crippen LogP) is 4.40. The van der Waals surface area contributed by atoms with E-state index in [4.69, 9.17) is 4.52 Å². The van der Waals surface area contributed by atoms with Crippen molar-refractivity contribution in [3.8, 4) is 11.4 Å². The maximum atomic E-state index is 12.9. The fraction of sp³-hybridized carbons (Fsp3) is 0.286. The maximum Gasteiger partial charge on any atom is 0.254 e. The Bertz CT molecular complexity index is 915. The summed E-state index contributed by atoms with van der Waals surface area (Å²) in [5.74, 6) is 0.922. The Labute approximate surface area is 153 Å². The van der Waals surface area contributed by atoms with Gasteiger partial charge in [-0.3, -0.25) is 4.79 Å². The number of carbonyl (C=O) groups excluding carboxylic acids is 1. The Morgan fingerprint density at radius 3 is 2.42 bits per heavy atom. The minimum Gasteiger partial charge on any atom is -0.337 e. The largest absolute Gasteiger partial charge is 0.337 e. The second-order valence-corrected chi connectivity index (χ2v) is 6.78. The fourth-order valence-electron chi connectivity index (χ4n) is 2.80. The zero-order chi connectivity index (χ0) is 18.7. The molecular formula is C21H23N3O2. The van der Waals surface area contributed by atoms with Gasteiger partial charge in [0.05, 0.1) is 0 Å². The Hall–Kier alpha value is -2.95. The van der Waals surface area contributed by atoms with Gasteiger partial charge >= 0.3 is 0 Å². The average Bonchev–Trinajstić information content (AvgIpc) is 3.07. The standard InChI is InChI=1S/C21H23N3O2/c1-14(2)24(21(25)18-10-6-8-16(4)12-18)13-19-22-20(23-26-19)17-9-5-7-15(3)11-17/h5-12,14H,13H2,1-4H3. The summed E-state index contributed by atoms with van der Waals surface area (Å²) in [6.07, 6.45) is 0. The number of carbonyl (C=O) groups is 1. The van der Waals surface area contributed by atoms with Gasteiger partial charge in [0, 0.05) is 17.2 Å². The van der Waals surface area contributed by atoms with Crippen LogP contribution in [-0.4, -0.2) is 27.0 Å². The van der Waals surface area contributed by atoms with Crippen LogP contribution in [0.1, 0.15) is 41.2 Å². The van der Waals surface area contributed by atoms with Crippen molar-refractivity contribution in [2.24, 2.45) is 0 Å². The number of amides is 1. The van der Waals surface area contributed by atoms with Crippen LogP contribution in [0.4, 0.5) is 0 Å². The molecule has 1 heterocycles. The lowest BCUT2D eigenvalue weighted by Gasteiger charge is -2.25. The van der Waals surface area contributed by atoms with Crippen molar-refractivity contribution in [1.82, 2.24) is 15.0 Å². The first-order valence-electron chi connectivity index (χ1n) is 8.71. The molecule has 0 saturated heterocycles. The molecule has 0 fully saturated rings. The van der Waals surface area contributed by atoms with Crippen LogP contribution in [0.5, 0.6) is 0 Å². The fourth-order valence-corrected chi connectivity index (χ4v) is 2.80. The number of hydrogen-bond acceptors (Lipinski definition) is 4. The summed E-state index contributed by atoms with van der Waals surface area (Å²) >= 11 is 0. The minimum atomic E-state index is -0.0426. The molecule has 0 aliphatic heterocycles. The van der Waals surface area contributed by atoms with Crippen LogP contribution in [0.2, 0.25) is 0 Å². The summed E-state index contributed by atoms with van der Waals surface area (Å²) in [4.78, 5) is 19.1. The summed E-state index contributed by atoms with van der Waals surface area (Å²) in [5.41, 5.74) is 3.75. The molecule has 0 atom stereocenters. The van der Waals surface area contributed by atoms with Crippen LogP contribution in [0, 0.1) is 13.8 Å². The molecule has 0 aliphatic carbocycles. The lowest BCUT2D eigenvalue weighted by atomic mass is 10.1. The smallest absolute Gasteiger partial charge is 0.254 e. The van der Waals surface area contributed by atoms with Gasteiger partial charge in [-0.25, -0.2) is 0 Å².